The molecule has 1 heteroatoms. The van der Waals surface area contributed by atoms with Gasteiger partial charge in [0.15, 0.2) is 0 Å². The van der Waals surface area contributed by atoms with Gasteiger partial charge in [-0.25, -0.2) is 12.1 Å². The molecule has 1 aliphatic carbocycles. The number of hydrogen-bond donors (Lipinski definition) is 0. The standard InChI is InChI=1S/C14H16.C5H5.Fe/c1-11(2)13-9-5-6-10-14(13)12-7-3-4-8-12;1-2-4-5-3-1;/h3-12H,1-2H3;1-5H;/q;-1;+2. The van der Waals surface area contributed by atoms with E-state index in [1.165, 1.54) is 11.1 Å². The summed E-state index contributed by atoms with van der Waals surface area (Å²) in [6, 6.07) is 18.7. The Balaban J connectivity index is 0.000000283. The number of benzene rings is 1. The van der Waals surface area contributed by atoms with Crippen molar-refractivity contribution in [3.8, 4) is 0 Å². The van der Waals surface area contributed by atoms with Gasteiger partial charge in [-0.1, -0.05) is 62.4 Å². The molecule has 0 heterocycles. The van der Waals surface area contributed by atoms with Crippen molar-refractivity contribution < 1.29 is 17.1 Å². The van der Waals surface area contributed by atoms with Crippen LogP contribution in [0.5, 0.6) is 0 Å². The van der Waals surface area contributed by atoms with E-state index in [9.17, 15) is 0 Å². The quantitative estimate of drug-likeness (QED) is 0.513. The first-order chi connectivity index (χ1) is 9.29. The Hall–Kier alpha value is -1.43. The Labute approximate surface area is 133 Å². The normalized spacial score (nSPS) is 12.9. The molecule has 104 valence electrons. The van der Waals surface area contributed by atoms with E-state index in [-0.39, 0.29) is 17.1 Å². The number of allylic oxidation sites excluding steroid dienone is 4. The third-order valence-corrected chi connectivity index (χ3v) is 3.28. The zero-order valence-corrected chi connectivity index (χ0v) is 13.1. The topological polar surface area (TPSA) is 0 Å². The van der Waals surface area contributed by atoms with Crippen molar-refractivity contribution in [2.75, 3.05) is 0 Å². The second kappa shape index (κ2) is 8.68. The maximum atomic E-state index is 2.25. The van der Waals surface area contributed by atoms with Crippen LogP contribution in [-0.2, 0) is 17.1 Å². The zero-order valence-electron chi connectivity index (χ0n) is 12.0. The molecular formula is C19H21Fe+. The van der Waals surface area contributed by atoms with E-state index in [4.69, 9.17) is 0 Å². The minimum atomic E-state index is 0. The van der Waals surface area contributed by atoms with Gasteiger partial charge in [0.05, 0.1) is 0 Å². The summed E-state index contributed by atoms with van der Waals surface area (Å²) in [6.07, 6.45) is 8.76. The predicted molar refractivity (Wildman–Crippen MR) is 83.6 cm³/mol. The molecule has 0 saturated carbocycles. The second-order valence-corrected chi connectivity index (χ2v) is 5.04. The Morgan fingerprint density at radius 3 is 2.00 bits per heavy atom. The average Bonchev–Trinajstić information content (AvgIpc) is 3.14. The molecule has 0 fully saturated rings. The van der Waals surface area contributed by atoms with Crippen molar-refractivity contribution in [2.45, 2.75) is 25.7 Å². The van der Waals surface area contributed by atoms with Crippen LogP contribution in [0.25, 0.3) is 0 Å². The smallest absolute Gasteiger partial charge is 0.214 e. The van der Waals surface area contributed by atoms with Crippen LogP contribution in [0.2, 0.25) is 0 Å². The Bertz CT molecular complexity index is 503. The molecule has 0 unspecified atom stereocenters. The van der Waals surface area contributed by atoms with Gasteiger partial charge in [0.1, 0.15) is 0 Å². The van der Waals surface area contributed by atoms with Gasteiger partial charge in [0.2, 0.25) is 0 Å². The van der Waals surface area contributed by atoms with Crippen LogP contribution in [0.1, 0.15) is 36.8 Å². The third-order valence-electron chi connectivity index (χ3n) is 3.28. The summed E-state index contributed by atoms with van der Waals surface area (Å²) in [5.41, 5.74) is 2.92. The molecule has 0 N–H and O–H groups in total. The van der Waals surface area contributed by atoms with Gasteiger partial charge in [0, 0.05) is 5.92 Å². The van der Waals surface area contributed by atoms with E-state index in [1.807, 2.05) is 30.3 Å². The van der Waals surface area contributed by atoms with Crippen molar-refractivity contribution in [1.29, 1.82) is 0 Å². The van der Waals surface area contributed by atoms with Crippen molar-refractivity contribution in [3.63, 3.8) is 0 Å². The minimum Gasteiger partial charge on any atom is -0.214 e. The van der Waals surface area contributed by atoms with Gasteiger partial charge in [-0.2, -0.15) is 18.2 Å². The van der Waals surface area contributed by atoms with Crippen molar-refractivity contribution in [2.24, 2.45) is 0 Å². The monoisotopic (exact) mass is 305 g/mol. The van der Waals surface area contributed by atoms with Crippen molar-refractivity contribution >= 4 is 0 Å². The van der Waals surface area contributed by atoms with Gasteiger partial charge < -0.3 is 0 Å². The van der Waals surface area contributed by atoms with Crippen molar-refractivity contribution in [3.05, 3.63) is 90.0 Å². The summed E-state index contributed by atoms with van der Waals surface area (Å²) in [5.74, 6) is 1.10. The van der Waals surface area contributed by atoms with E-state index < -0.39 is 0 Å². The maximum absolute atomic E-state index is 2.25. The first kappa shape index (κ1) is 16.6. The van der Waals surface area contributed by atoms with Gasteiger partial charge >= 0.3 is 17.1 Å². The fraction of sp³-hybridized carbons (Fsp3) is 0.211. The summed E-state index contributed by atoms with van der Waals surface area (Å²) in [4.78, 5) is 0. The number of hydrogen-bond acceptors (Lipinski definition) is 0. The van der Waals surface area contributed by atoms with Crippen LogP contribution in [0.15, 0.2) is 78.9 Å². The Kier molecular flexibility index (Phi) is 7.22. The molecule has 0 aromatic heterocycles. The van der Waals surface area contributed by atoms with Gasteiger partial charge in [0.25, 0.3) is 0 Å². The molecular weight excluding hydrogens is 284 g/mol. The number of rotatable bonds is 2. The minimum absolute atomic E-state index is 0. The first-order valence-corrected chi connectivity index (χ1v) is 6.89. The molecule has 0 nitrogen and oxygen atoms in total. The molecule has 0 radical (unpaired) electrons. The molecule has 0 spiro atoms. The molecule has 0 bridgehead atoms. The fourth-order valence-electron chi connectivity index (χ4n) is 2.30. The van der Waals surface area contributed by atoms with E-state index in [0.717, 1.165) is 0 Å². The summed E-state index contributed by atoms with van der Waals surface area (Å²) in [5, 5.41) is 0. The van der Waals surface area contributed by atoms with E-state index in [0.29, 0.717) is 11.8 Å². The summed E-state index contributed by atoms with van der Waals surface area (Å²) in [7, 11) is 0. The van der Waals surface area contributed by atoms with Crippen molar-refractivity contribution in [1.82, 2.24) is 0 Å². The largest absolute Gasteiger partial charge is 2.00 e. The van der Waals surface area contributed by atoms with Crippen LogP contribution in [0.3, 0.4) is 0 Å². The van der Waals surface area contributed by atoms with E-state index >= 15 is 0 Å². The van der Waals surface area contributed by atoms with Crippen LogP contribution >= 0.6 is 0 Å². The molecule has 0 atom stereocenters. The van der Waals surface area contributed by atoms with E-state index in [2.05, 4.69) is 62.4 Å². The molecule has 0 saturated heterocycles. The van der Waals surface area contributed by atoms with E-state index in [1.54, 1.807) is 0 Å². The summed E-state index contributed by atoms with van der Waals surface area (Å²) < 4.78 is 0. The molecule has 3 rings (SSSR count). The first-order valence-electron chi connectivity index (χ1n) is 6.89. The fourth-order valence-corrected chi connectivity index (χ4v) is 2.30. The molecule has 2 aromatic carbocycles. The predicted octanol–water partition coefficient (Wildman–Crippen LogP) is 5.42. The summed E-state index contributed by atoms with van der Waals surface area (Å²) >= 11 is 0. The van der Waals surface area contributed by atoms with Crippen LogP contribution in [-0.4, -0.2) is 0 Å². The average molecular weight is 305 g/mol. The van der Waals surface area contributed by atoms with Crippen LogP contribution in [0, 0.1) is 0 Å². The second-order valence-electron chi connectivity index (χ2n) is 5.04. The molecule has 1 aliphatic rings. The zero-order chi connectivity index (χ0) is 13.5. The van der Waals surface area contributed by atoms with Gasteiger partial charge in [-0.05, 0) is 17.0 Å². The van der Waals surface area contributed by atoms with Gasteiger partial charge in [-0.3, -0.25) is 0 Å². The molecule has 0 aliphatic heterocycles. The Morgan fingerprint density at radius 1 is 0.900 bits per heavy atom. The maximum Gasteiger partial charge on any atom is 2.00 e. The summed E-state index contributed by atoms with van der Waals surface area (Å²) in [6.45, 7) is 4.50. The molecule has 20 heavy (non-hydrogen) atoms. The molecule has 0 amide bonds. The third kappa shape index (κ3) is 4.59. The SMILES string of the molecule is CC(C)c1ccccc1C1C=CC=C1.[Fe+2].c1cc[cH-]c1. The van der Waals surface area contributed by atoms with Crippen LogP contribution < -0.4 is 0 Å². The molecule has 2 aromatic rings. The Morgan fingerprint density at radius 2 is 1.50 bits per heavy atom. The van der Waals surface area contributed by atoms with Gasteiger partial charge in [-0.15, -0.1) is 0 Å². The van der Waals surface area contributed by atoms with Crippen LogP contribution in [0.4, 0.5) is 0 Å².